The van der Waals surface area contributed by atoms with E-state index in [0.717, 1.165) is 0 Å². The lowest BCUT2D eigenvalue weighted by atomic mass is 10.0. The van der Waals surface area contributed by atoms with Gasteiger partial charge in [-0.05, 0) is 0 Å². The monoisotopic (exact) mass is 225 g/mol. The van der Waals surface area contributed by atoms with Gasteiger partial charge in [-0.15, -0.1) is 0 Å². The van der Waals surface area contributed by atoms with Gasteiger partial charge in [-0.1, -0.05) is 19.0 Å². The molecule has 1 saturated heterocycles. The molecule has 16 heavy (non-hydrogen) atoms. The van der Waals surface area contributed by atoms with E-state index in [-0.39, 0.29) is 18.4 Å². The average molecular weight is 225 g/mol. The second-order valence-corrected chi connectivity index (χ2v) is 4.43. The van der Waals surface area contributed by atoms with E-state index in [4.69, 9.17) is 9.63 Å². The van der Waals surface area contributed by atoms with Crippen molar-refractivity contribution in [2.75, 3.05) is 19.6 Å². The topological polar surface area (TPSA) is 79.5 Å². The quantitative estimate of drug-likeness (QED) is 0.811. The number of carbonyl (C=O) groups is 1. The van der Waals surface area contributed by atoms with E-state index in [2.05, 4.69) is 10.1 Å². The number of nitrogens with zero attached hydrogens (tertiary/aromatic N) is 3. The van der Waals surface area contributed by atoms with Gasteiger partial charge >= 0.3 is 5.97 Å². The highest BCUT2D eigenvalue weighted by atomic mass is 16.5. The smallest absolute Gasteiger partial charge is 0.317 e. The summed E-state index contributed by atoms with van der Waals surface area (Å²) >= 11 is 0. The van der Waals surface area contributed by atoms with Crippen LogP contribution in [0.5, 0.6) is 0 Å². The molecule has 0 bridgehead atoms. The number of carboxylic acids is 1. The molecule has 0 aliphatic carbocycles. The highest BCUT2D eigenvalue weighted by Gasteiger charge is 2.33. The molecule has 1 aromatic heterocycles. The number of hydrogen-bond acceptors (Lipinski definition) is 5. The number of likely N-dealkylation sites (tertiary alicyclic amines) is 1. The van der Waals surface area contributed by atoms with Crippen LogP contribution in [0.1, 0.15) is 37.4 Å². The Morgan fingerprint density at radius 1 is 1.62 bits per heavy atom. The molecule has 1 aliphatic heterocycles. The molecule has 6 nitrogen and oxygen atoms in total. The van der Waals surface area contributed by atoms with E-state index < -0.39 is 5.97 Å². The van der Waals surface area contributed by atoms with Crippen molar-refractivity contribution in [2.24, 2.45) is 0 Å². The van der Waals surface area contributed by atoms with E-state index in [1.165, 1.54) is 0 Å². The summed E-state index contributed by atoms with van der Waals surface area (Å²) in [5, 5.41) is 12.5. The van der Waals surface area contributed by atoms with Crippen LogP contribution in [0.2, 0.25) is 0 Å². The van der Waals surface area contributed by atoms with Crippen molar-refractivity contribution in [3.8, 4) is 0 Å². The van der Waals surface area contributed by atoms with Crippen LogP contribution in [0.25, 0.3) is 0 Å². The first-order chi connectivity index (χ1) is 7.56. The third-order valence-corrected chi connectivity index (χ3v) is 2.64. The summed E-state index contributed by atoms with van der Waals surface area (Å²) in [6.45, 7) is 5.47. The largest absolute Gasteiger partial charge is 0.480 e. The SMILES string of the molecule is CC(C)c1noc(C2CN(CC(=O)O)C2)n1. The first kappa shape index (κ1) is 11.1. The molecule has 2 heterocycles. The molecule has 1 aromatic rings. The molecule has 2 rings (SSSR count). The van der Waals surface area contributed by atoms with Crippen molar-refractivity contribution in [3.63, 3.8) is 0 Å². The second-order valence-electron chi connectivity index (χ2n) is 4.43. The molecular weight excluding hydrogens is 210 g/mol. The first-order valence-electron chi connectivity index (χ1n) is 5.34. The summed E-state index contributed by atoms with van der Waals surface area (Å²) in [6.07, 6.45) is 0. The molecule has 0 radical (unpaired) electrons. The van der Waals surface area contributed by atoms with Crippen molar-refractivity contribution in [1.82, 2.24) is 15.0 Å². The third kappa shape index (κ3) is 2.21. The molecule has 0 atom stereocenters. The maximum absolute atomic E-state index is 10.4. The zero-order valence-corrected chi connectivity index (χ0v) is 9.38. The number of aliphatic carboxylic acids is 1. The van der Waals surface area contributed by atoms with Gasteiger partial charge in [0.2, 0.25) is 5.89 Å². The van der Waals surface area contributed by atoms with Gasteiger partial charge in [0.15, 0.2) is 5.82 Å². The second kappa shape index (κ2) is 4.21. The minimum atomic E-state index is -0.799. The van der Waals surface area contributed by atoms with Gasteiger partial charge in [-0.2, -0.15) is 4.98 Å². The molecule has 0 amide bonds. The van der Waals surface area contributed by atoms with Crippen LogP contribution in [0.4, 0.5) is 0 Å². The molecule has 0 saturated carbocycles. The summed E-state index contributed by atoms with van der Waals surface area (Å²) in [4.78, 5) is 16.6. The standard InChI is InChI=1S/C10H15N3O3/c1-6(2)9-11-10(16-12-9)7-3-13(4-7)5-8(14)15/h6-7H,3-5H2,1-2H3,(H,14,15). The molecule has 1 fully saturated rings. The van der Waals surface area contributed by atoms with Gasteiger partial charge < -0.3 is 9.63 Å². The Balaban J connectivity index is 1.89. The first-order valence-corrected chi connectivity index (χ1v) is 5.34. The summed E-state index contributed by atoms with van der Waals surface area (Å²) in [5.41, 5.74) is 0. The maximum atomic E-state index is 10.4. The van der Waals surface area contributed by atoms with Gasteiger partial charge in [0.05, 0.1) is 12.5 Å². The van der Waals surface area contributed by atoms with Gasteiger partial charge in [-0.25, -0.2) is 0 Å². The fourth-order valence-electron chi connectivity index (χ4n) is 1.69. The molecular formula is C10H15N3O3. The lowest BCUT2D eigenvalue weighted by Crippen LogP contribution is -2.47. The molecule has 0 aromatic carbocycles. The Hall–Kier alpha value is -1.43. The Kier molecular flexibility index (Phi) is 2.91. The molecule has 0 spiro atoms. The lowest BCUT2D eigenvalue weighted by molar-refractivity contribution is -0.139. The minimum Gasteiger partial charge on any atom is -0.480 e. The van der Waals surface area contributed by atoms with E-state index in [1.54, 1.807) is 0 Å². The Morgan fingerprint density at radius 3 is 2.81 bits per heavy atom. The van der Waals surface area contributed by atoms with Crippen LogP contribution >= 0.6 is 0 Å². The van der Waals surface area contributed by atoms with Crippen molar-refractivity contribution in [2.45, 2.75) is 25.7 Å². The normalized spacial score (nSPS) is 17.7. The summed E-state index contributed by atoms with van der Waals surface area (Å²) < 4.78 is 5.15. The minimum absolute atomic E-state index is 0.0850. The Bertz CT molecular complexity index is 382. The van der Waals surface area contributed by atoms with Gasteiger partial charge in [0, 0.05) is 19.0 Å². The molecule has 88 valence electrons. The van der Waals surface area contributed by atoms with E-state index in [9.17, 15) is 4.79 Å². The zero-order chi connectivity index (χ0) is 11.7. The van der Waals surface area contributed by atoms with Crippen LogP contribution in [0.3, 0.4) is 0 Å². The van der Waals surface area contributed by atoms with E-state index in [0.29, 0.717) is 24.8 Å². The fourth-order valence-corrected chi connectivity index (χ4v) is 1.69. The summed E-state index contributed by atoms with van der Waals surface area (Å²) in [7, 11) is 0. The van der Waals surface area contributed by atoms with Crippen LogP contribution in [0, 0.1) is 0 Å². The summed E-state index contributed by atoms with van der Waals surface area (Å²) in [6, 6.07) is 0. The highest BCUT2D eigenvalue weighted by Crippen LogP contribution is 2.26. The van der Waals surface area contributed by atoms with E-state index >= 15 is 0 Å². The van der Waals surface area contributed by atoms with Crippen LogP contribution in [-0.4, -0.2) is 45.8 Å². The predicted octanol–water partition coefficient (Wildman–Crippen LogP) is 0.677. The third-order valence-electron chi connectivity index (χ3n) is 2.64. The maximum Gasteiger partial charge on any atom is 0.317 e. The van der Waals surface area contributed by atoms with Gasteiger partial charge in [0.1, 0.15) is 0 Å². The highest BCUT2D eigenvalue weighted by molar-refractivity contribution is 5.69. The molecule has 0 unspecified atom stereocenters. The van der Waals surface area contributed by atoms with Crippen molar-refractivity contribution in [1.29, 1.82) is 0 Å². The Morgan fingerprint density at radius 2 is 2.31 bits per heavy atom. The molecule has 1 aliphatic rings. The van der Waals surface area contributed by atoms with Gasteiger partial charge in [-0.3, -0.25) is 9.69 Å². The number of hydrogen-bond donors (Lipinski definition) is 1. The van der Waals surface area contributed by atoms with Crippen molar-refractivity contribution >= 4 is 5.97 Å². The number of carboxylic acid groups (broad SMARTS) is 1. The molecule has 1 N–H and O–H groups in total. The average Bonchev–Trinajstić information content (AvgIpc) is 2.58. The zero-order valence-electron chi connectivity index (χ0n) is 9.38. The van der Waals surface area contributed by atoms with Gasteiger partial charge in [0.25, 0.3) is 0 Å². The Labute approximate surface area is 93.2 Å². The molecule has 6 heteroatoms. The predicted molar refractivity (Wildman–Crippen MR) is 55.2 cm³/mol. The van der Waals surface area contributed by atoms with Crippen molar-refractivity contribution in [3.05, 3.63) is 11.7 Å². The number of aromatic nitrogens is 2. The lowest BCUT2D eigenvalue weighted by Gasteiger charge is -2.35. The fraction of sp³-hybridized carbons (Fsp3) is 0.700. The number of rotatable bonds is 4. The van der Waals surface area contributed by atoms with Crippen LogP contribution in [0.15, 0.2) is 4.52 Å². The van der Waals surface area contributed by atoms with Crippen LogP contribution < -0.4 is 0 Å². The van der Waals surface area contributed by atoms with Crippen molar-refractivity contribution < 1.29 is 14.4 Å². The van der Waals surface area contributed by atoms with Crippen LogP contribution in [-0.2, 0) is 4.79 Å². The summed E-state index contributed by atoms with van der Waals surface area (Å²) in [5.74, 6) is 0.996. The van der Waals surface area contributed by atoms with E-state index in [1.807, 2.05) is 18.7 Å².